The molecular formula is C16H21FN2OS2. The second kappa shape index (κ2) is 7.92. The van der Waals surface area contributed by atoms with Gasteiger partial charge in [-0.3, -0.25) is 4.79 Å². The van der Waals surface area contributed by atoms with Crippen molar-refractivity contribution in [3.05, 3.63) is 35.6 Å². The highest BCUT2D eigenvalue weighted by Crippen LogP contribution is 2.21. The minimum absolute atomic E-state index is 0.0524. The van der Waals surface area contributed by atoms with Gasteiger partial charge in [0.1, 0.15) is 10.1 Å². The number of thioether (sulfide) groups is 1. The number of thiocarbonyl (C=S) groups is 1. The highest BCUT2D eigenvalue weighted by atomic mass is 32.2. The van der Waals surface area contributed by atoms with Gasteiger partial charge < -0.3 is 10.2 Å². The van der Waals surface area contributed by atoms with Crippen molar-refractivity contribution in [3.63, 3.8) is 0 Å². The Kier molecular flexibility index (Phi) is 6.20. The molecule has 1 aliphatic heterocycles. The molecule has 1 amide bonds. The van der Waals surface area contributed by atoms with Gasteiger partial charge in [0, 0.05) is 13.1 Å². The molecule has 0 spiro atoms. The molecule has 0 aromatic heterocycles. The number of carbonyl (C=O) groups is 1. The molecule has 0 saturated carbocycles. The topological polar surface area (TPSA) is 32.3 Å². The molecule has 1 N–H and O–H groups in total. The van der Waals surface area contributed by atoms with Crippen LogP contribution in [-0.2, 0) is 4.79 Å². The third-order valence-electron chi connectivity index (χ3n) is 3.74. The van der Waals surface area contributed by atoms with Crippen molar-refractivity contribution in [1.82, 2.24) is 10.2 Å². The van der Waals surface area contributed by atoms with Crippen molar-refractivity contribution in [2.75, 3.05) is 13.1 Å². The van der Waals surface area contributed by atoms with E-state index in [1.807, 2.05) is 13.8 Å². The van der Waals surface area contributed by atoms with Crippen molar-refractivity contribution >= 4 is 34.2 Å². The van der Waals surface area contributed by atoms with E-state index in [-0.39, 0.29) is 23.0 Å². The average molecular weight is 340 g/mol. The number of hydrogen-bond donors (Lipinski definition) is 1. The normalized spacial score (nSPS) is 17.1. The number of carbonyl (C=O) groups excluding carboxylic acids is 1. The van der Waals surface area contributed by atoms with E-state index in [0.717, 1.165) is 23.0 Å². The van der Waals surface area contributed by atoms with Gasteiger partial charge in [-0.2, -0.15) is 0 Å². The van der Waals surface area contributed by atoms with Gasteiger partial charge in [-0.1, -0.05) is 36.1 Å². The van der Waals surface area contributed by atoms with E-state index >= 15 is 0 Å². The molecule has 1 saturated heterocycles. The van der Waals surface area contributed by atoms with Crippen molar-refractivity contribution in [1.29, 1.82) is 0 Å². The van der Waals surface area contributed by atoms with E-state index < -0.39 is 0 Å². The van der Waals surface area contributed by atoms with E-state index in [4.69, 9.17) is 12.2 Å². The Morgan fingerprint density at radius 3 is 2.45 bits per heavy atom. The zero-order valence-electron chi connectivity index (χ0n) is 12.8. The summed E-state index contributed by atoms with van der Waals surface area (Å²) in [5.74, 6) is -0.328. The quantitative estimate of drug-likeness (QED) is 0.850. The number of amides is 1. The predicted molar refractivity (Wildman–Crippen MR) is 93.4 cm³/mol. The van der Waals surface area contributed by atoms with Crippen LogP contribution in [0.2, 0.25) is 0 Å². The molecule has 1 aliphatic rings. The number of nitrogens with zero attached hydrogens (tertiary/aromatic N) is 1. The van der Waals surface area contributed by atoms with Gasteiger partial charge in [0.15, 0.2) is 0 Å². The van der Waals surface area contributed by atoms with E-state index in [9.17, 15) is 9.18 Å². The van der Waals surface area contributed by atoms with Crippen LogP contribution in [0.3, 0.4) is 0 Å². The highest BCUT2D eigenvalue weighted by molar-refractivity contribution is 8.23. The Morgan fingerprint density at radius 1 is 1.27 bits per heavy atom. The molecule has 2 atom stereocenters. The summed E-state index contributed by atoms with van der Waals surface area (Å²) < 4.78 is 13.7. The third kappa shape index (κ3) is 4.68. The van der Waals surface area contributed by atoms with E-state index in [1.54, 1.807) is 12.1 Å². The van der Waals surface area contributed by atoms with Crippen molar-refractivity contribution < 1.29 is 9.18 Å². The molecule has 0 aliphatic carbocycles. The maximum absolute atomic E-state index is 12.9. The number of halogens is 1. The van der Waals surface area contributed by atoms with Crippen LogP contribution in [0.4, 0.5) is 4.39 Å². The summed E-state index contributed by atoms with van der Waals surface area (Å²) >= 11 is 6.83. The molecular weight excluding hydrogens is 319 g/mol. The molecule has 0 bridgehead atoms. The van der Waals surface area contributed by atoms with Gasteiger partial charge in [-0.05, 0) is 44.4 Å². The fourth-order valence-corrected chi connectivity index (χ4v) is 3.77. The second-order valence-corrected chi connectivity index (χ2v) is 7.48. The zero-order valence-corrected chi connectivity index (χ0v) is 14.5. The summed E-state index contributed by atoms with van der Waals surface area (Å²) in [5.41, 5.74) is 0.883. The molecule has 6 heteroatoms. The Hall–Kier alpha value is -1.14. The number of rotatable bonds is 4. The predicted octanol–water partition coefficient (Wildman–Crippen LogP) is 3.51. The first-order valence-electron chi connectivity index (χ1n) is 7.49. The van der Waals surface area contributed by atoms with Crippen LogP contribution in [0.1, 0.15) is 38.3 Å². The third-order valence-corrected chi connectivity index (χ3v) is 5.31. The van der Waals surface area contributed by atoms with Crippen molar-refractivity contribution in [2.45, 2.75) is 38.0 Å². The molecule has 2 rings (SSSR count). The Labute approximate surface area is 140 Å². The highest BCUT2D eigenvalue weighted by Gasteiger charge is 2.22. The summed E-state index contributed by atoms with van der Waals surface area (Å²) in [6, 6.07) is 6.02. The lowest BCUT2D eigenvalue weighted by Crippen LogP contribution is -2.35. The minimum atomic E-state index is -0.276. The van der Waals surface area contributed by atoms with Gasteiger partial charge in [-0.25, -0.2) is 4.39 Å². The van der Waals surface area contributed by atoms with Crippen LogP contribution in [0.5, 0.6) is 0 Å². The summed E-state index contributed by atoms with van der Waals surface area (Å²) in [7, 11) is 0. The van der Waals surface area contributed by atoms with Crippen LogP contribution in [0, 0.1) is 5.82 Å². The van der Waals surface area contributed by atoms with Gasteiger partial charge in [0.2, 0.25) is 5.91 Å². The molecule has 1 aromatic rings. The fraction of sp³-hybridized carbons (Fsp3) is 0.500. The van der Waals surface area contributed by atoms with E-state index in [0.29, 0.717) is 0 Å². The second-order valence-electron chi connectivity index (χ2n) is 5.50. The maximum atomic E-state index is 12.9. The molecule has 0 unspecified atom stereocenters. The average Bonchev–Trinajstić information content (AvgIpc) is 3.02. The van der Waals surface area contributed by atoms with Crippen LogP contribution < -0.4 is 5.32 Å². The Bertz CT molecular complexity index is 529. The van der Waals surface area contributed by atoms with Crippen LogP contribution in [0.15, 0.2) is 24.3 Å². The SMILES string of the molecule is C[C@H](SC(=S)N1CCCC1)C(=O)N[C@@H](C)c1ccc(F)cc1. The molecule has 22 heavy (non-hydrogen) atoms. The zero-order chi connectivity index (χ0) is 16.1. The summed E-state index contributed by atoms with van der Waals surface area (Å²) in [4.78, 5) is 14.4. The minimum Gasteiger partial charge on any atom is -0.358 e. The molecule has 1 heterocycles. The van der Waals surface area contributed by atoms with Crippen LogP contribution in [0.25, 0.3) is 0 Å². The van der Waals surface area contributed by atoms with Crippen LogP contribution >= 0.6 is 24.0 Å². The van der Waals surface area contributed by atoms with Gasteiger partial charge >= 0.3 is 0 Å². The molecule has 120 valence electrons. The van der Waals surface area contributed by atoms with Crippen LogP contribution in [-0.4, -0.2) is 33.5 Å². The Morgan fingerprint density at radius 2 is 1.86 bits per heavy atom. The lowest BCUT2D eigenvalue weighted by Gasteiger charge is -2.22. The first kappa shape index (κ1) is 17.2. The van der Waals surface area contributed by atoms with Gasteiger partial charge in [-0.15, -0.1) is 0 Å². The summed E-state index contributed by atoms with van der Waals surface area (Å²) in [6.07, 6.45) is 2.34. The van der Waals surface area contributed by atoms with Gasteiger partial charge in [0.25, 0.3) is 0 Å². The molecule has 1 aromatic carbocycles. The van der Waals surface area contributed by atoms with Crippen molar-refractivity contribution in [3.8, 4) is 0 Å². The summed E-state index contributed by atoms with van der Waals surface area (Å²) in [6.45, 7) is 5.74. The maximum Gasteiger partial charge on any atom is 0.233 e. The smallest absolute Gasteiger partial charge is 0.233 e. The number of hydrogen-bond acceptors (Lipinski definition) is 3. The number of benzene rings is 1. The number of likely N-dealkylation sites (tertiary alicyclic amines) is 1. The summed E-state index contributed by atoms with van der Waals surface area (Å²) in [5, 5.41) is 2.71. The van der Waals surface area contributed by atoms with E-state index in [2.05, 4.69) is 10.2 Å². The standard InChI is InChI=1S/C16H21FN2OS2/c1-11(13-5-7-14(17)8-6-13)18-15(20)12(2)22-16(21)19-9-3-4-10-19/h5-8,11-12H,3-4,9-10H2,1-2H3,(H,18,20)/t11-,12-/m0/s1. The number of nitrogens with one attached hydrogen (secondary N) is 1. The van der Waals surface area contributed by atoms with E-state index in [1.165, 1.54) is 36.7 Å². The van der Waals surface area contributed by atoms with Crippen molar-refractivity contribution in [2.24, 2.45) is 0 Å². The first-order chi connectivity index (χ1) is 10.5. The fourth-order valence-electron chi connectivity index (χ4n) is 2.34. The first-order valence-corrected chi connectivity index (χ1v) is 8.77. The lowest BCUT2D eigenvalue weighted by atomic mass is 10.1. The Balaban J connectivity index is 1.85. The molecule has 3 nitrogen and oxygen atoms in total. The molecule has 0 radical (unpaired) electrons. The van der Waals surface area contributed by atoms with Gasteiger partial charge in [0.05, 0.1) is 11.3 Å². The molecule has 1 fully saturated rings. The largest absolute Gasteiger partial charge is 0.358 e. The monoisotopic (exact) mass is 340 g/mol. The lowest BCUT2D eigenvalue weighted by molar-refractivity contribution is -0.120.